The third kappa shape index (κ3) is 4.11. The quantitative estimate of drug-likeness (QED) is 0.588. The van der Waals surface area contributed by atoms with Crippen LogP contribution in [0.5, 0.6) is 11.5 Å². The Morgan fingerprint density at radius 2 is 2.03 bits per heavy atom. The Morgan fingerprint density at radius 3 is 2.79 bits per heavy atom. The molecule has 2 amide bonds. The molecule has 174 valence electrons. The first-order valence-electron chi connectivity index (χ1n) is 10.4. The molecule has 33 heavy (non-hydrogen) atoms. The van der Waals surface area contributed by atoms with Gasteiger partial charge < -0.3 is 28.8 Å². The molecule has 0 fully saturated rings. The number of methoxy groups -OCH3 is 2. The minimum atomic E-state index is -1.36. The van der Waals surface area contributed by atoms with Crippen molar-refractivity contribution in [3.05, 3.63) is 59.6 Å². The fraction of sp³-hybridized carbons (Fsp3) is 0.333. The van der Waals surface area contributed by atoms with E-state index in [1.54, 1.807) is 25.1 Å². The molecule has 2 aromatic carbocycles. The standard InChI is InChI=1S/C24H25FN2O6/c1-24(23(29)26-13-15-8-9-16(25)12-19(15)31-3)14-32-20-17-6-4-5-7-18(17)33-21(20)22(28)27(24)10-11-30-2/h4-9,12H,10-11,13-14H2,1-3H3,(H,26,29). The van der Waals surface area contributed by atoms with E-state index in [0.29, 0.717) is 28.0 Å². The van der Waals surface area contributed by atoms with Crippen molar-refractivity contribution in [2.45, 2.75) is 19.0 Å². The Bertz CT molecular complexity index is 1190. The SMILES string of the molecule is COCCN1C(=O)c2oc3ccccc3c2OCC1(C)C(=O)NCc1ccc(F)cc1OC. The van der Waals surface area contributed by atoms with Gasteiger partial charge in [0.1, 0.15) is 23.8 Å². The van der Waals surface area contributed by atoms with Crippen molar-refractivity contribution in [2.75, 3.05) is 34.0 Å². The molecular weight excluding hydrogens is 431 g/mol. The second-order valence-corrected chi connectivity index (χ2v) is 7.91. The number of fused-ring (bicyclic) bond motifs is 3. The maximum Gasteiger partial charge on any atom is 0.294 e. The van der Waals surface area contributed by atoms with Gasteiger partial charge in [-0.1, -0.05) is 18.2 Å². The summed E-state index contributed by atoms with van der Waals surface area (Å²) in [5.74, 6) is -0.668. The molecule has 0 spiro atoms. The number of nitrogens with one attached hydrogen (secondary N) is 1. The van der Waals surface area contributed by atoms with Gasteiger partial charge in [-0.25, -0.2) is 4.39 Å². The van der Waals surface area contributed by atoms with Crippen molar-refractivity contribution in [3.63, 3.8) is 0 Å². The molecule has 3 aromatic rings. The van der Waals surface area contributed by atoms with Crippen LogP contribution in [0, 0.1) is 5.82 Å². The highest BCUT2D eigenvalue weighted by molar-refractivity contribution is 6.04. The summed E-state index contributed by atoms with van der Waals surface area (Å²) in [6.45, 7) is 1.99. The van der Waals surface area contributed by atoms with Crippen molar-refractivity contribution in [1.82, 2.24) is 10.2 Å². The summed E-state index contributed by atoms with van der Waals surface area (Å²) in [7, 11) is 2.94. The van der Waals surface area contributed by atoms with Crippen molar-refractivity contribution in [1.29, 1.82) is 0 Å². The second kappa shape index (κ2) is 9.11. The minimum Gasteiger partial charge on any atom is -0.496 e. The smallest absolute Gasteiger partial charge is 0.294 e. The van der Waals surface area contributed by atoms with Crippen LogP contribution >= 0.6 is 0 Å². The molecule has 2 heterocycles. The maximum absolute atomic E-state index is 13.5. The van der Waals surface area contributed by atoms with Crippen molar-refractivity contribution >= 4 is 22.8 Å². The highest BCUT2D eigenvalue weighted by atomic mass is 19.1. The third-order valence-electron chi connectivity index (χ3n) is 5.78. The van der Waals surface area contributed by atoms with Crippen LogP contribution in [-0.2, 0) is 16.1 Å². The van der Waals surface area contributed by atoms with Crippen LogP contribution in [0.25, 0.3) is 11.0 Å². The minimum absolute atomic E-state index is 0.0454. The van der Waals surface area contributed by atoms with Gasteiger partial charge in [0.25, 0.3) is 5.91 Å². The second-order valence-electron chi connectivity index (χ2n) is 7.91. The molecule has 1 N–H and O–H groups in total. The summed E-state index contributed by atoms with van der Waals surface area (Å²) in [5, 5.41) is 3.49. The van der Waals surface area contributed by atoms with Crippen LogP contribution in [0.2, 0.25) is 0 Å². The number of carbonyl (C=O) groups excluding carboxylic acids is 2. The van der Waals surface area contributed by atoms with Crippen LogP contribution in [0.15, 0.2) is 46.9 Å². The fourth-order valence-electron chi connectivity index (χ4n) is 3.89. The van der Waals surface area contributed by atoms with Crippen molar-refractivity contribution in [2.24, 2.45) is 0 Å². The largest absolute Gasteiger partial charge is 0.496 e. The Kier molecular flexibility index (Phi) is 6.24. The zero-order valence-electron chi connectivity index (χ0n) is 18.6. The molecule has 1 unspecified atom stereocenters. The number of hydrogen-bond acceptors (Lipinski definition) is 6. The lowest BCUT2D eigenvalue weighted by atomic mass is 9.99. The summed E-state index contributed by atoms with van der Waals surface area (Å²) in [6, 6.07) is 11.3. The zero-order valence-corrected chi connectivity index (χ0v) is 18.6. The van der Waals surface area contributed by atoms with E-state index < -0.39 is 23.2 Å². The molecule has 4 rings (SSSR count). The molecule has 9 heteroatoms. The van der Waals surface area contributed by atoms with Crippen molar-refractivity contribution < 1.29 is 32.6 Å². The summed E-state index contributed by atoms with van der Waals surface area (Å²) in [4.78, 5) is 28.3. The monoisotopic (exact) mass is 456 g/mol. The lowest BCUT2D eigenvalue weighted by Crippen LogP contribution is -2.61. The number of furan rings is 1. The lowest BCUT2D eigenvalue weighted by Gasteiger charge is -2.37. The van der Waals surface area contributed by atoms with E-state index in [1.807, 2.05) is 6.07 Å². The highest BCUT2D eigenvalue weighted by Gasteiger charge is 2.47. The average Bonchev–Trinajstić information content (AvgIpc) is 3.15. The van der Waals surface area contributed by atoms with E-state index in [9.17, 15) is 14.0 Å². The van der Waals surface area contributed by atoms with E-state index in [2.05, 4.69) is 5.32 Å². The summed E-state index contributed by atoms with van der Waals surface area (Å²) in [6.07, 6.45) is 0. The summed E-state index contributed by atoms with van der Waals surface area (Å²) >= 11 is 0. The van der Waals surface area contributed by atoms with E-state index in [4.69, 9.17) is 18.6 Å². The Morgan fingerprint density at radius 1 is 1.24 bits per heavy atom. The molecular formula is C24H25FN2O6. The topological polar surface area (TPSA) is 90.2 Å². The summed E-state index contributed by atoms with van der Waals surface area (Å²) < 4.78 is 35.7. The number of carbonyl (C=O) groups is 2. The van der Waals surface area contributed by atoms with E-state index >= 15 is 0 Å². The van der Waals surface area contributed by atoms with Crippen LogP contribution in [0.3, 0.4) is 0 Å². The zero-order chi connectivity index (χ0) is 23.6. The number of rotatable bonds is 7. The Hall–Kier alpha value is -3.59. The Balaban J connectivity index is 1.64. The molecule has 8 nitrogen and oxygen atoms in total. The maximum atomic E-state index is 13.5. The van der Waals surface area contributed by atoms with Gasteiger partial charge >= 0.3 is 0 Å². The van der Waals surface area contributed by atoms with E-state index in [1.165, 1.54) is 37.3 Å². The van der Waals surface area contributed by atoms with E-state index in [0.717, 1.165) is 0 Å². The number of hydrogen-bond donors (Lipinski definition) is 1. The van der Waals surface area contributed by atoms with Crippen LogP contribution < -0.4 is 14.8 Å². The highest BCUT2D eigenvalue weighted by Crippen LogP contribution is 2.38. The molecule has 1 aliphatic rings. The van der Waals surface area contributed by atoms with Gasteiger partial charge in [-0.15, -0.1) is 0 Å². The first kappa shape index (κ1) is 22.6. The predicted octanol–water partition coefficient (Wildman–Crippen LogP) is 3.14. The van der Waals surface area contributed by atoms with Gasteiger partial charge in [0.15, 0.2) is 11.3 Å². The van der Waals surface area contributed by atoms with Crippen molar-refractivity contribution in [3.8, 4) is 11.5 Å². The van der Waals surface area contributed by atoms with Crippen LogP contribution in [0.4, 0.5) is 4.39 Å². The molecule has 0 radical (unpaired) electrons. The number of benzene rings is 2. The number of ether oxygens (including phenoxy) is 3. The number of halogens is 1. The molecule has 1 aromatic heterocycles. The van der Waals surface area contributed by atoms with Gasteiger partial charge in [-0.3, -0.25) is 9.59 Å². The van der Waals surface area contributed by atoms with Crippen LogP contribution in [0.1, 0.15) is 23.0 Å². The molecule has 1 aliphatic heterocycles. The molecule has 0 saturated carbocycles. The average molecular weight is 456 g/mol. The van der Waals surface area contributed by atoms with Gasteiger partial charge in [0.05, 0.1) is 19.1 Å². The lowest BCUT2D eigenvalue weighted by molar-refractivity contribution is -0.133. The molecule has 0 bridgehead atoms. The normalized spacial score (nSPS) is 17.9. The predicted molar refractivity (Wildman–Crippen MR) is 118 cm³/mol. The summed E-state index contributed by atoms with van der Waals surface area (Å²) in [5.41, 5.74) is -0.233. The number of nitrogens with zero attached hydrogens (tertiary/aromatic N) is 1. The first-order chi connectivity index (χ1) is 15.9. The molecule has 1 atom stereocenters. The van der Waals surface area contributed by atoms with Gasteiger partial charge in [0, 0.05) is 31.8 Å². The van der Waals surface area contributed by atoms with Crippen LogP contribution in [-0.4, -0.2) is 56.2 Å². The van der Waals surface area contributed by atoms with Gasteiger partial charge in [0.2, 0.25) is 11.7 Å². The molecule has 0 aliphatic carbocycles. The molecule has 0 saturated heterocycles. The first-order valence-corrected chi connectivity index (χ1v) is 10.4. The van der Waals surface area contributed by atoms with Gasteiger partial charge in [-0.05, 0) is 25.1 Å². The van der Waals surface area contributed by atoms with Gasteiger partial charge in [-0.2, -0.15) is 0 Å². The van der Waals surface area contributed by atoms with E-state index in [-0.39, 0.29) is 32.1 Å². The number of para-hydroxylation sites is 1. The Labute approximate surface area is 190 Å². The third-order valence-corrected chi connectivity index (χ3v) is 5.78. The fourth-order valence-corrected chi connectivity index (χ4v) is 3.89. The number of amides is 2.